The lowest BCUT2D eigenvalue weighted by Crippen LogP contribution is -2.30. The molecule has 1 amide bonds. The highest BCUT2D eigenvalue weighted by molar-refractivity contribution is 6.19. The SMILES string of the molecule is COc1ccc2c(c1)C(c1ccccc1)=NC(C(C)C)C(=O)N2. The Kier molecular flexibility index (Phi) is 4.15. The molecule has 2 aromatic rings. The molecule has 2 aromatic carbocycles. The summed E-state index contributed by atoms with van der Waals surface area (Å²) in [4.78, 5) is 17.3. The summed E-state index contributed by atoms with van der Waals surface area (Å²) in [5.74, 6) is 0.784. The molecule has 0 saturated carbocycles. The van der Waals surface area contributed by atoms with Gasteiger partial charge >= 0.3 is 0 Å². The first-order valence-electron chi connectivity index (χ1n) is 7.72. The number of amides is 1. The van der Waals surface area contributed by atoms with Gasteiger partial charge in [0.15, 0.2) is 0 Å². The maximum absolute atomic E-state index is 12.5. The number of nitrogens with zero attached hydrogens (tertiary/aromatic N) is 1. The number of fused-ring (bicyclic) bond motifs is 1. The summed E-state index contributed by atoms with van der Waals surface area (Å²) in [5.41, 5.74) is 3.45. The first kappa shape index (κ1) is 15.3. The number of hydrogen-bond donors (Lipinski definition) is 1. The third-order valence-electron chi connectivity index (χ3n) is 3.96. The molecular weight excluding hydrogens is 288 g/mol. The molecule has 1 aliphatic heterocycles. The first-order valence-corrected chi connectivity index (χ1v) is 7.72. The van der Waals surface area contributed by atoms with Gasteiger partial charge in [-0.3, -0.25) is 9.79 Å². The van der Waals surface area contributed by atoms with Crippen molar-refractivity contribution in [2.75, 3.05) is 12.4 Å². The van der Waals surface area contributed by atoms with Crippen molar-refractivity contribution in [3.05, 3.63) is 59.7 Å². The molecule has 0 fully saturated rings. The quantitative estimate of drug-likeness (QED) is 0.943. The number of benzodiazepines with no additional fused rings is 1. The van der Waals surface area contributed by atoms with E-state index in [4.69, 9.17) is 9.73 Å². The fourth-order valence-corrected chi connectivity index (χ4v) is 2.71. The fourth-order valence-electron chi connectivity index (χ4n) is 2.71. The van der Waals surface area contributed by atoms with Crippen molar-refractivity contribution in [3.8, 4) is 5.75 Å². The maximum atomic E-state index is 12.5. The molecule has 1 aliphatic rings. The van der Waals surface area contributed by atoms with Gasteiger partial charge in [0.05, 0.1) is 18.5 Å². The number of benzene rings is 2. The lowest BCUT2D eigenvalue weighted by Gasteiger charge is -2.14. The zero-order valence-electron chi connectivity index (χ0n) is 13.5. The predicted molar refractivity (Wildman–Crippen MR) is 92.3 cm³/mol. The van der Waals surface area contributed by atoms with Crippen LogP contribution < -0.4 is 10.1 Å². The van der Waals surface area contributed by atoms with E-state index < -0.39 is 6.04 Å². The molecule has 23 heavy (non-hydrogen) atoms. The second-order valence-corrected chi connectivity index (χ2v) is 5.93. The fraction of sp³-hybridized carbons (Fsp3) is 0.263. The lowest BCUT2D eigenvalue weighted by atomic mass is 10.00. The summed E-state index contributed by atoms with van der Waals surface area (Å²) in [7, 11) is 1.63. The van der Waals surface area contributed by atoms with Gasteiger partial charge in [0, 0.05) is 11.1 Å². The number of carbonyl (C=O) groups excluding carboxylic acids is 1. The number of methoxy groups -OCH3 is 1. The molecule has 0 saturated heterocycles. The molecule has 0 spiro atoms. The Labute approximate surface area is 136 Å². The van der Waals surface area contributed by atoms with Crippen LogP contribution in [0.1, 0.15) is 25.0 Å². The molecule has 3 rings (SSSR count). The Morgan fingerprint density at radius 3 is 2.52 bits per heavy atom. The smallest absolute Gasteiger partial charge is 0.249 e. The van der Waals surface area contributed by atoms with Gasteiger partial charge in [0.1, 0.15) is 11.8 Å². The van der Waals surface area contributed by atoms with Gasteiger partial charge in [-0.05, 0) is 24.1 Å². The minimum Gasteiger partial charge on any atom is -0.497 e. The number of nitrogens with one attached hydrogen (secondary N) is 1. The zero-order valence-corrected chi connectivity index (χ0v) is 13.5. The largest absolute Gasteiger partial charge is 0.497 e. The predicted octanol–water partition coefficient (Wildman–Crippen LogP) is 3.51. The third-order valence-corrected chi connectivity index (χ3v) is 3.96. The van der Waals surface area contributed by atoms with Crippen LogP contribution in [0.5, 0.6) is 5.75 Å². The molecule has 0 aliphatic carbocycles. The molecular formula is C19H20N2O2. The van der Waals surface area contributed by atoms with E-state index in [1.807, 2.05) is 62.4 Å². The van der Waals surface area contributed by atoms with Crippen LogP contribution in [0.15, 0.2) is 53.5 Å². The first-order chi connectivity index (χ1) is 11.1. The highest BCUT2D eigenvalue weighted by Crippen LogP contribution is 2.29. The van der Waals surface area contributed by atoms with E-state index in [0.717, 1.165) is 28.3 Å². The van der Waals surface area contributed by atoms with Crippen LogP contribution in [0.2, 0.25) is 0 Å². The maximum Gasteiger partial charge on any atom is 0.249 e. The van der Waals surface area contributed by atoms with E-state index in [2.05, 4.69) is 5.32 Å². The van der Waals surface area contributed by atoms with Crippen LogP contribution in [0.3, 0.4) is 0 Å². The lowest BCUT2D eigenvalue weighted by molar-refractivity contribution is -0.118. The van der Waals surface area contributed by atoms with Crippen molar-refractivity contribution in [1.82, 2.24) is 0 Å². The van der Waals surface area contributed by atoms with Crippen LogP contribution >= 0.6 is 0 Å². The molecule has 118 valence electrons. The van der Waals surface area contributed by atoms with Crippen LogP contribution in [0, 0.1) is 5.92 Å². The van der Waals surface area contributed by atoms with Crippen molar-refractivity contribution < 1.29 is 9.53 Å². The van der Waals surface area contributed by atoms with E-state index in [9.17, 15) is 4.79 Å². The Bertz CT molecular complexity index is 751. The van der Waals surface area contributed by atoms with Crippen LogP contribution in [0.4, 0.5) is 5.69 Å². The summed E-state index contributed by atoms with van der Waals surface area (Å²) in [6.07, 6.45) is 0. The van der Waals surface area contributed by atoms with Gasteiger partial charge in [-0.15, -0.1) is 0 Å². The highest BCUT2D eigenvalue weighted by atomic mass is 16.5. The average molecular weight is 308 g/mol. The minimum atomic E-state index is -0.413. The third kappa shape index (κ3) is 2.97. The van der Waals surface area contributed by atoms with Gasteiger partial charge in [0.2, 0.25) is 5.91 Å². The second kappa shape index (κ2) is 6.24. The molecule has 0 radical (unpaired) electrons. The summed E-state index contributed by atoms with van der Waals surface area (Å²) in [6.45, 7) is 4.01. The minimum absolute atomic E-state index is 0.0719. The molecule has 0 aromatic heterocycles. The number of carbonyl (C=O) groups is 1. The van der Waals surface area contributed by atoms with E-state index >= 15 is 0 Å². The number of aliphatic imine (C=N–C) groups is 1. The number of hydrogen-bond acceptors (Lipinski definition) is 3. The Hall–Kier alpha value is -2.62. The van der Waals surface area contributed by atoms with Crippen LogP contribution in [0.25, 0.3) is 0 Å². The molecule has 4 nitrogen and oxygen atoms in total. The topological polar surface area (TPSA) is 50.7 Å². The Balaban J connectivity index is 2.22. The summed E-state index contributed by atoms with van der Waals surface area (Å²) in [6, 6.07) is 15.2. The number of ether oxygens (including phenoxy) is 1. The van der Waals surface area contributed by atoms with Gasteiger partial charge in [-0.1, -0.05) is 44.2 Å². The van der Waals surface area contributed by atoms with Gasteiger partial charge in [-0.2, -0.15) is 0 Å². The van der Waals surface area contributed by atoms with E-state index in [1.165, 1.54) is 0 Å². The van der Waals surface area contributed by atoms with Gasteiger partial charge in [-0.25, -0.2) is 0 Å². The normalized spacial score (nSPS) is 17.1. The van der Waals surface area contributed by atoms with E-state index in [-0.39, 0.29) is 11.8 Å². The molecule has 1 unspecified atom stereocenters. The molecule has 4 heteroatoms. The monoisotopic (exact) mass is 308 g/mol. The van der Waals surface area contributed by atoms with E-state index in [1.54, 1.807) is 7.11 Å². The standard InChI is InChI=1S/C19H20N2O2/c1-12(2)17-19(22)20-16-10-9-14(23-3)11-15(16)18(21-17)13-7-5-4-6-8-13/h4-12,17H,1-3H3,(H,20,22). The molecule has 1 heterocycles. The summed E-state index contributed by atoms with van der Waals surface area (Å²) >= 11 is 0. The zero-order chi connectivity index (χ0) is 16.4. The van der Waals surface area contributed by atoms with Crippen molar-refractivity contribution in [2.45, 2.75) is 19.9 Å². The molecule has 0 bridgehead atoms. The Morgan fingerprint density at radius 2 is 1.87 bits per heavy atom. The molecule has 1 atom stereocenters. The van der Waals surface area contributed by atoms with Crippen molar-refractivity contribution in [2.24, 2.45) is 10.9 Å². The molecule has 1 N–H and O–H groups in total. The van der Waals surface area contributed by atoms with Crippen molar-refractivity contribution in [1.29, 1.82) is 0 Å². The van der Waals surface area contributed by atoms with Crippen LogP contribution in [-0.4, -0.2) is 24.8 Å². The summed E-state index contributed by atoms with van der Waals surface area (Å²) in [5, 5.41) is 3.00. The second-order valence-electron chi connectivity index (χ2n) is 5.93. The van der Waals surface area contributed by atoms with Gasteiger partial charge in [0.25, 0.3) is 0 Å². The summed E-state index contributed by atoms with van der Waals surface area (Å²) < 4.78 is 5.34. The van der Waals surface area contributed by atoms with Gasteiger partial charge < -0.3 is 10.1 Å². The number of anilines is 1. The van der Waals surface area contributed by atoms with Crippen molar-refractivity contribution in [3.63, 3.8) is 0 Å². The van der Waals surface area contributed by atoms with E-state index in [0.29, 0.717) is 0 Å². The Morgan fingerprint density at radius 1 is 1.13 bits per heavy atom. The number of rotatable bonds is 3. The van der Waals surface area contributed by atoms with Crippen LogP contribution in [-0.2, 0) is 4.79 Å². The highest BCUT2D eigenvalue weighted by Gasteiger charge is 2.28. The van der Waals surface area contributed by atoms with Crippen molar-refractivity contribution >= 4 is 17.3 Å². The average Bonchev–Trinajstić information content (AvgIpc) is 2.71.